The van der Waals surface area contributed by atoms with Gasteiger partial charge < -0.3 is 5.32 Å². The van der Waals surface area contributed by atoms with Gasteiger partial charge >= 0.3 is 0 Å². The Morgan fingerprint density at radius 2 is 2.11 bits per heavy atom. The van der Waals surface area contributed by atoms with Crippen molar-refractivity contribution in [2.45, 2.75) is 26.7 Å². The third-order valence-corrected chi connectivity index (χ3v) is 3.50. The fraction of sp³-hybridized carbons (Fsp3) is 0.357. The minimum atomic E-state index is -0.283. The van der Waals surface area contributed by atoms with Gasteiger partial charge in [0.15, 0.2) is 0 Å². The number of nitrogens with zero attached hydrogens (tertiary/aromatic N) is 1. The van der Waals surface area contributed by atoms with Crippen LogP contribution in [0.3, 0.4) is 0 Å². The molecule has 0 saturated heterocycles. The van der Waals surface area contributed by atoms with E-state index in [1.54, 1.807) is 6.07 Å². The van der Waals surface area contributed by atoms with Gasteiger partial charge in [0.05, 0.1) is 0 Å². The van der Waals surface area contributed by atoms with E-state index < -0.39 is 0 Å². The summed E-state index contributed by atoms with van der Waals surface area (Å²) < 4.78 is 14.8. The largest absolute Gasteiger partial charge is 0.385 e. The van der Waals surface area contributed by atoms with E-state index in [0.29, 0.717) is 5.52 Å². The number of anilines is 1. The molecule has 0 aliphatic carbocycles. The van der Waals surface area contributed by atoms with Crippen LogP contribution in [0.15, 0.2) is 22.7 Å². The Bertz CT molecular complexity index is 582. The highest BCUT2D eigenvalue weighted by atomic mass is 79.9. The van der Waals surface area contributed by atoms with Gasteiger partial charge in [-0.3, -0.25) is 0 Å². The van der Waals surface area contributed by atoms with Crippen molar-refractivity contribution in [3.63, 3.8) is 0 Å². The summed E-state index contributed by atoms with van der Waals surface area (Å²) in [5.74, 6) is -0.0139. The number of halogens is 2. The zero-order valence-electron chi connectivity index (χ0n) is 10.7. The zero-order valence-corrected chi connectivity index (χ0v) is 12.3. The highest BCUT2D eigenvalue weighted by Crippen LogP contribution is 2.33. The Balaban J connectivity index is 2.80. The highest BCUT2D eigenvalue weighted by Gasteiger charge is 2.13. The molecule has 0 spiro atoms. The number of fused-ring (bicyclic) bond motifs is 1. The number of rotatable bonds is 3. The van der Waals surface area contributed by atoms with Crippen LogP contribution in [0.1, 0.15) is 32.4 Å². The van der Waals surface area contributed by atoms with Crippen molar-refractivity contribution in [3.05, 3.63) is 34.2 Å². The topological polar surface area (TPSA) is 24.9 Å². The van der Waals surface area contributed by atoms with Crippen LogP contribution in [-0.4, -0.2) is 11.5 Å². The molecule has 4 heteroatoms. The normalized spacial score (nSPS) is 11.2. The minimum Gasteiger partial charge on any atom is -0.385 e. The van der Waals surface area contributed by atoms with Crippen LogP contribution in [0.25, 0.3) is 10.9 Å². The van der Waals surface area contributed by atoms with Gasteiger partial charge in [-0.25, -0.2) is 9.37 Å². The summed E-state index contributed by atoms with van der Waals surface area (Å²) in [6, 6.07) is 5.16. The van der Waals surface area contributed by atoms with E-state index in [1.165, 1.54) is 6.07 Å². The van der Waals surface area contributed by atoms with Gasteiger partial charge in [0, 0.05) is 27.8 Å². The molecule has 1 N–H and O–H groups in total. The van der Waals surface area contributed by atoms with Crippen molar-refractivity contribution in [2.75, 3.05) is 11.9 Å². The number of aromatic nitrogens is 1. The van der Waals surface area contributed by atoms with E-state index >= 15 is 0 Å². The first-order valence-electron chi connectivity index (χ1n) is 6.07. The fourth-order valence-electron chi connectivity index (χ4n) is 1.91. The molecule has 2 nitrogen and oxygen atoms in total. The Kier molecular flexibility index (Phi) is 3.85. The second-order valence-corrected chi connectivity index (χ2v) is 5.39. The maximum absolute atomic E-state index is 13.9. The molecule has 0 amide bonds. The summed E-state index contributed by atoms with van der Waals surface area (Å²) in [5.41, 5.74) is 2.25. The predicted molar refractivity (Wildman–Crippen MR) is 77.7 cm³/mol. The van der Waals surface area contributed by atoms with Crippen LogP contribution in [0.4, 0.5) is 10.1 Å². The summed E-state index contributed by atoms with van der Waals surface area (Å²) in [6.07, 6.45) is 0. The first-order chi connectivity index (χ1) is 8.54. The molecule has 0 radical (unpaired) electrons. The summed E-state index contributed by atoms with van der Waals surface area (Å²) in [7, 11) is 0. The van der Waals surface area contributed by atoms with Crippen molar-refractivity contribution < 1.29 is 4.39 Å². The van der Waals surface area contributed by atoms with Gasteiger partial charge in [-0.05, 0) is 31.0 Å². The van der Waals surface area contributed by atoms with Crippen LogP contribution < -0.4 is 5.32 Å². The summed E-state index contributed by atoms with van der Waals surface area (Å²) in [5, 5.41) is 4.08. The lowest BCUT2D eigenvalue weighted by Crippen LogP contribution is -2.03. The van der Waals surface area contributed by atoms with E-state index in [2.05, 4.69) is 40.1 Å². The third-order valence-electron chi connectivity index (χ3n) is 2.84. The Morgan fingerprint density at radius 1 is 1.39 bits per heavy atom. The molecule has 0 unspecified atom stereocenters. The van der Waals surface area contributed by atoms with E-state index in [9.17, 15) is 4.39 Å². The van der Waals surface area contributed by atoms with Crippen molar-refractivity contribution in [3.8, 4) is 0 Å². The van der Waals surface area contributed by atoms with Crippen molar-refractivity contribution >= 4 is 32.5 Å². The van der Waals surface area contributed by atoms with E-state index in [-0.39, 0.29) is 11.7 Å². The van der Waals surface area contributed by atoms with Gasteiger partial charge in [0.25, 0.3) is 0 Å². The lowest BCUT2D eigenvalue weighted by Gasteiger charge is -2.14. The Morgan fingerprint density at radius 3 is 2.72 bits per heavy atom. The van der Waals surface area contributed by atoms with Gasteiger partial charge in [-0.15, -0.1) is 0 Å². The van der Waals surface area contributed by atoms with E-state index in [1.807, 2.05) is 13.0 Å². The smallest absolute Gasteiger partial charge is 0.149 e. The Hall–Kier alpha value is -1.16. The van der Waals surface area contributed by atoms with Gasteiger partial charge in [0.2, 0.25) is 0 Å². The monoisotopic (exact) mass is 310 g/mol. The maximum atomic E-state index is 13.9. The quantitative estimate of drug-likeness (QED) is 0.889. The molecule has 0 saturated carbocycles. The maximum Gasteiger partial charge on any atom is 0.149 e. The number of nitrogens with one attached hydrogen (secondary N) is 1. The summed E-state index contributed by atoms with van der Waals surface area (Å²) >= 11 is 3.47. The Labute approximate surface area is 115 Å². The molecular formula is C14H16BrFN2. The molecule has 1 aromatic carbocycles. The molecular weight excluding hydrogens is 295 g/mol. The molecule has 0 bridgehead atoms. The standard InChI is InChI=1S/C14H16BrFN2/c1-4-17-12-7-11(8(2)3)18-14-10(16)6-5-9(15)13(12)14/h5-8H,4H2,1-3H3,(H,17,18). The first-order valence-corrected chi connectivity index (χ1v) is 6.86. The lowest BCUT2D eigenvalue weighted by atomic mass is 10.1. The SMILES string of the molecule is CCNc1cc(C(C)C)nc2c(F)ccc(Br)c12. The molecule has 18 heavy (non-hydrogen) atoms. The predicted octanol–water partition coefficient (Wildman–Crippen LogP) is 4.69. The van der Waals surface area contributed by atoms with Gasteiger partial charge in [-0.1, -0.05) is 29.8 Å². The second kappa shape index (κ2) is 5.22. The van der Waals surface area contributed by atoms with Crippen molar-refractivity contribution in [2.24, 2.45) is 0 Å². The number of benzene rings is 1. The van der Waals surface area contributed by atoms with Crippen LogP contribution >= 0.6 is 15.9 Å². The molecule has 0 aliphatic rings. The number of hydrogen-bond donors (Lipinski definition) is 1. The van der Waals surface area contributed by atoms with E-state index in [4.69, 9.17) is 0 Å². The number of pyridine rings is 1. The third kappa shape index (κ3) is 2.34. The summed E-state index contributed by atoms with van der Waals surface area (Å²) in [4.78, 5) is 4.43. The molecule has 0 atom stereocenters. The lowest BCUT2D eigenvalue weighted by molar-refractivity contribution is 0.635. The van der Waals surface area contributed by atoms with Crippen LogP contribution in [-0.2, 0) is 0 Å². The molecule has 0 aliphatic heterocycles. The molecule has 1 heterocycles. The van der Waals surface area contributed by atoms with E-state index in [0.717, 1.165) is 27.8 Å². The molecule has 2 rings (SSSR count). The van der Waals surface area contributed by atoms with Crippen LogP contribution in [0.5, 0.6) is 0 Å². The average molecular weight is 311 g/mol. The van der Waals surface area contributed by atoms with Gasteiger partial charge in [-0.2, -0.15) is 0 Å². The fourth-order valence-corrected chi connectivity index (χ4v) is 2.45. The second-order valence-electron chi connectivity index (χ2n) is 4.53. The van der Waals surface area contributed by atoms with Crippen molar-refractivity contribution in [1.82, 2.24) is 4.98 Å². The highest BCUT2D eigenvalue weighted by molar-refractivity contribution is 9.10. The minimum absolute atomic E-state index is 0.269. The van der Waals surface area contributed by atoms with Gasteiger partial charge in [0.1, 0.15) is 11.3 Å². The molecule has 1 aromatic heterocycles. The summed E-state index contributed by atoms with van der Waals surface area (Å²) in [6.45, 7) is 6.92. The van der Waals surface area contributed by atoms with Crippen LogP contribution in [0, 0.1) is 5.82 Å². The molecule has 96 valence electrons. The average Bonchev–Trinajstić information content (AvgIpc) is 2.33. The molecule has 0 fully saturated rings. The van der Waals surface area contributed by atoms with Crippen molar-refractivity contribution in [1.29, 1.82) is 0 Å². The zero-order chi connectivity index (χ0) is 13.3. The number of hydrogen-bond acceptors (Lipinski definition) is 2. The molecule has 2 aromatic rings. The first kappa shape index (κ1) is 13.3. The van der Waals surface area contributed by atoms with Crippen LogP contribution in [0.2, 0.25) is 0 Å².